The molecule has 5 nitrogen and oxygen atoms in total. The molecule has 0 radical (unpaired) electrons. The number of rotatable bonds is 8. The van der Waals surface area contributed by atoms with Gasteiger partial charge in [0, 0.05) is 27.7 Å². The van der Waals surface area contributed by atoms with Gasteiger partial charge >= 0.3 is 0 Å². The highest BCUT2D eigenvalue weighted by Crippen LogP contribution is 2.29. The molecule has 0 fully saturated rings. The van der Waals surface area contributed by atoms with Gasteiger partial charge < -0.3 is 9.30 Å². The fourth-order valence-electron chi connectivity index (χ4n) is 3.12. The highest BCUT2D eigenvalue weighted by molar-refractivity contribution is 9.10. The lowest BCUT2D eigenvalue weighted by Gasteiger charge is -2.15. The van der Waals surface area contributed by atoms with Gasteiger partial charge in [0.05, 0.1) is 5.69 Å². The number of hydrogen-bond acceptors (Lipinski definition) is 6. The first-order valence-electron chi connectivity index (χ1n) is 10.0. The van der Waals surface area contributed by atoms with Gasteiger partial charge in [-0.25, -0.2) is 4.98 Å². The van der Waals surface area contributed by atoms with Crippen molar-refractivity contribution in [3.8, 4) is 16.3 Å². The van der Waals surface area contributed by atoms with Crippen LogP contribution in [-0.4, -0.2) is 19.7 Å². The van der Waals surface area contributed by atoms with E-state index in [1.807, 2.05) is 31.2 Å². The lowest BCUT2D eigenvalue weighted by Crippen LogP contribution is -2.11. The van der Waals surface area contributed by atoms with E-state index < -0.39 is 0 Å². The van der Waals surface area contributed by atoms with Crippen LogP contribution in [0.15, 0.2) is 63.5 Å². The Morgan fingerprint density at radius 1 is 1.10 bits per heavy atom. The third-order valence-corrected chi connectivity index (χ3v) is 7.22. The third kappa shape index (κ3) is 5.37. The second kappa shape index (κ2) is 9.97. The molecule has 4 rings (SSSR count). The molecule has 160 valence electrons. The van der Waals surface area contributed by atoms with Gasteiger partial charge in [0.25, 0.3) is 0 Å². The van der Waals surface area contributed by atoms with Crippen molar-refractivity contribution in [2.45, 2.75) is 44.3 Å². The Hall–Kier alpha value is -2.16. The summed E-state index contributed by atoms with van der Waals surface area (Å²) < 4.78 is 9.21. The minimum atomic E-state index is -0.199. The molecule has 1 atom stereocenters. The minimum Gasteiger partial charge on any atom is -0.483 e. The Balaban J connectivity index is 1.43. The molecule has 0 aliphatic carbocycles. The Bertz CT molecular complexity index is 1140. The van der Waals surface area contributed by atoms with Crippen LogP contribution in [0.2, 0.25) is 0 Å². The standard InChI is InChI=1S/C23H23BrN4OS2/c1-4-28-21(16(3)29-20-11-9-18(24)10-12-20)26-27-23(28)31-14-19-13-30-22(25-19)17-7-5-15(2)6-8-17/h5-13,16H,4,14H2,1-3H3. The van der Waals surface area contributed by atoms with Crippen molar-refractivity contribution in [1.82, 2.24) is 19.7 Å². The van der Waals surface area contributed by atoms with E-state index in [9.17, 15) is 0 Å². The molecule has 8 heteroatoms. The Kier molecular flexibility index (Phi) is 7.09. The van der Waals surface area contributed by atoms with Crippen LogP contribution in [0, 0.1) is 6.92 Å². The fraction of sp³-hybridized carbons (Fsp3) is 0.261. The van der Waals surface area contributed by atoms with Crippen molar-refractivity contribution < 1.29 is 4.74 Å². The maximum atomic E-state index is 6.07. The molecule has 2 heterocycles. The van der Waals surface area contributed by atoms with Crippen LogP contribution in [0.5, 0.6) is 5.75 Å². The number of thiazole rings is 1. The number of benzene rings is 2. The first-order valence-corrected chi connectivity index (χ1v) is 12.7. The Morgan fingerprint density at radius 3 is 2.55 bits per heavy atom. The number of nitrogens with zero attached hydrogens (tertiary/aromatic N) is 4. The summed E-state index contributed by atoms with van der Waals surface area (Å²) in [7, 11) is 0. The van der Waals surface area contributed by atoms with E-state index in [0.29, 0.717) is 0 Å². The number of hydrogen-bond donors (Lipinski definition) is 0. The molecule has 0 amide bonds. The van der Waals surface area contributed by atoms with Crippen molar-refractivity contribution in [3.63, 3.8) is 0 Å². The number of aryl methyl sites for hydroxylation is 1. The molecule has 0 bridgehead atoms. The summed E-state index contributed by atoms with van der Waals surface area (Å²) in [5, 5.41) is 12.9. The van der Waals surface area contributed by atoms with E-state index in [4.69, 9.17) is 9.72 Å². The number of aromatic nitrogens is 4. The van der Waals surface area contributed by atoms with E-state index in [0.717, 1.165) is 49.8 Å². The van der Waals surface area contributed by atoms with Gasteiger partial charge in [0.2, 0.25) is 0 Å². The summed E-state index contributed by atoms with van der Waals surface area (Å²) in [4.78, 5) is 4.80. The van der Waals surface area contributed by atoms with E-state index in [1.54, 1.807) is 23.1 Å². The average Bonchev–Trinajstić information content (AvgIpc) is 3.41. The third-order valence-electron chi connectivity index (χ3n) is 4.75. The second-order valence-electron chi connectivity index (χ2n) is 7.10. The molecule has 0 N–H and O–H groups in total. The molecule has 4 aromatic rings. The van der Waals surface area contributed by atoms with Gasteiger partial charge in [0.15, 0.2) is 17.1 Å². The quantitative estimate of drug-likeness (QED) is 0.238. The number of ether oxygens (including phenoxy) is 1. The van der Waals surface area contributed by atoms with Crippen LogP contribution in [0.3, 0.4) is 0 Å². The first kappa shape index (κ1) is 22.0. The minimum absolute atomic E-state index is 0.199. The van der Waals surface area contributed by atoms with Crippen LogP contribution >= 0.6 is 39.0 Å². The molecule has 0 saturated carbocycles. The predicted molar refractivity (Wildman–Crippen MR) is 131 cm³/mol. The van der Waals surface area contributed by atoms with Gasteiger partial charge in [-0.2, -0.15) is 0 Å². The smallest absolute Gasteiger partial charge is 0.191 e. The zero-order valence-electron chi connectivity index (χ0n) is 17.6. The molecular weight excluding hydrogens is 492 g/mol. The average molecular weight is 516 g/mol. The Labute approximate surface area is 199 Å². The van der Waals surface area contributed by atoms with E-state index in [-0.39, 0.29) is 6.10 Å². The molecule has 2 aromatic heterocycles. The summed E-state index contributed by atoms with van der Waals surface area (Å²) in [5.74, 6) is 2.39. The van der Waals surface area contributed by atoms with E-state index >= 15 is 0 Å². The maximum absolute atomic E-state index is 6.07. The second-order valence-corrected chi connectivity index (χ2v) is 9.81. The summed E-state index contributed by atoms with van der Waals surface area (Å²) >= 11 is 6.78. The normalized spacial score (nSPS) is 12.1. The topological polar surface area (TPSA) is 52.8 Å². The van der Waals surface area contributed by atoms with Gasteiger partial charge in [-0.3, -0.25) is 0 Å². The molecule has 2 aromatic carbocycles. The van der Waals surface area contributed by atoms with Crippen LogP contribution in [0.25, 0.3) is 10.6 Å². The van der Waals surface area contributed by atoms with Gasteiger partial charge in [-0.1, -0.05) is 57.5 Å². The zero-order chi connectivity index (χ0) is 21.8. The molecule has 0 aliphatic heterocycles. The van der Waals surface area contributed by atoms with Crippen LogP contribution in [0.1, 0.15) is 37.0 Å². The van der Waals surface area contributed by atoms with Crippen LogP contribution in [0.4, 0.5) is 0 Å². The van der Waals surface area contributed by atoms with Crippen molar-refractivity contribution in [2.24, 2.45) is 0 Å². The summed E-state index contributed by atoms with van der Waals surface area (Å²) in [5.41, 5.74) is 3.46. The fourth-order valence-corrected chi connectivity index (χ4v) is 5.21. The van der Waals surface area contributed by atoms with Gasteiger partial charge in [0.1, 0.15) is 10.8 Å². The summed E-state index contributed by atoms with van der Waals surface area (Å²) in [6, 6.07) is 16.3. The first-order chi connectivity index (χ1) is 15.0. The largest absolute Gasteiger partial charge is 0.483 e. The SMILES string of the molecule is CCn1c(SCc2csc(-c3ccc(C)cc3)n2)nnc1C(C)Oc1ccc(Br)cc1. The molecule has 31 heavy (non-hydrogen) atoms. The van der Waals surface area contributed by atoms with Crippen LogP contribution in [-0.2, 0) is 12.3 Å². The van der Waals surface area contributed by atoms with Crippen molar-refractivity contribution in [3.05, 3.63) is 75.5 Å². The maximum Gasteiger partial charge on any atom is 0.191 e. The zero-order valence-corrected chi connectivity index (χ0v) is 20.8. The van der Waals surface area contributed by atoms with Crippen molar-refractivity contribution >= 4 is 39.0 Å². The lowest BCUT2D eigenvalue weighted by molar-refractivity contribution is 0.210. The number of halogens is 1. The van der Waals surface area contributed by atoms with E-state index in [1.165, 1.54) is 5.56 Å². The molecular formula is C23H23BrN4OS2. The Morgan fingerprint density at radius 2 is 1.84 bits per heavy atom. The molecule has 0 saturated heterocycles. The van der Waals surface area contributed by atoms with Crippen molar-refractivity contribution in [1.29, 1.82) is 0 Å². The van der Waals surface area contributed by atoms with Gasteiger partial charge in [-0.05, 0) is 45.0 Å². The van der Waals surface area contributed by atoms with Gasteiger partial charge in [-0.15, -0.1) is 21.5 Å². The number of thioether (sulfide) groups is 1. The summed E-state index contributed by atoms with van der Waals surface area (Å²) in [6.45, 7) is 6.98. The highest BCUT2D eigenvalue weighted by Gasteiger charge is 2.19. The van der Waals surface area contributed by atoms with Crippen molar-refractivity contribution in [2.75, 3.05) is 0 Å². The lowest BCUT2D eigenvalue weighted by atomic mass is 10.2. The van der Waals surface area contributed by atoms with E-state index in [2.05, 4.69) is 74.2 Å². The highest BCUT2D eigenvalue weighted by atomic mass is 79.9. The van der Waals surface area contributed by atoms with Crippen LogP contribution < -0.4 is 4.74 Å². The molecule has 1 unspecified atom stereocenters. The predicted octanol–water partition coefficient (Wildman–Crippen LogP) is 6.92. The molecule has 0 spiro atoms. The summed E-state index contributed by atoms with van der Waals surface area (Å²) in [6.07, 6.45) is -0.199. The molecule has 0 aliphatic rings. The monoisotopic (exact) mass is 514 g/mol.